The molecular formula is C13H22N2O3S. The Morgan fingerprint density at radius 1 is 1.32 bits per heavy atom. The molecule has 0 atom stereocenters. The first-order chi connectivity index (χ1) is 9.01. The predicted octanol–water partition coefficient (Wildman–Crippen LogP) is 1.84. The zero-order valence-corrected chi connectivity index (χ0v) is 12.1. The lowest BCUT2D eigenvalue weighted by molar-refractivity contribution is 0.290. The molecule has 1 aromatic rings. The molecule has 3 N–H and O–H groups in total. The summed E-state index contributed by atoms with van der Waals surface area (Å²) in [6, 6.07) is 3.05. The third-order valence-electron chi connectivity index (χ3n) is 3.80. The van der Waals surface area contributed by atoms with Crippen molar-refractivity contribution < 1.29 is 12.8 Å². The fourth-order valence-corrected chi connectivity index (χ4v) is 3.51. The molecule has 6 heteroatoms. The predicted molar refractivity (Wildman–Crippen MR) is 72.9 cm³/mol. The second-order valence-electron chi connectivity index (χ2n) is 5.40. The van der Waals surface area contributed by atoms with Crippen LogP contribution in [0.5, 0.6) is 0 Å². The number of furan rings is 1. The lowest BCUT2D eigenvalue weighted by Gasteiger charge is -2.25. The Morgan fingerprint density at radius 2 is 2.00 bits per heavy atom. The molecule has 0 unspecified atom stereocenters. The fraction of sp³-hybridized carbons (Fsp3) is 0.692. The molecule has 0 spiro atoms. The Bertz CT molecular complexity index is 502. The Kier molecular flexibility index (Phi) is 4.65. The standard InChI is InChI=1S/C13H22N2O3S/c1-10-2-4-11(5-3-10)9-15-19(16,17)13-7-6-12(8-14)18-13/h6-7,10-11,15H,2-5,8-9,14H2,1H3. The molecule has 1 fully saturated rings. The minimum atomic E-state index is -3.53. The van der Waals surface area contributed by atoms with E-state index >= 15 is 0 Å². The molecular weight excluding hydrogens is 264 g/mol. The van der Waals surface area contributed by atoms with E-state index in [-0.39, 0.29) is 11.6 Å². The van der Waals surface area contributed by atoms with Gasteiger partial charge in [-0.1, -0.05) is 19.8 Å². The summed E-state index contributed by atoms with van der Waals surface area (Å²) in [5, 5.41) is -0.0443. The van der Waals surface area contributed by atoms with E-state index in [9.17, 15) is 8.42 Å². The van der Waals surface area contributed by atoms with Gasteiger partial charge in [-0.25, -0.2) is 13.1 Å². The second kappa shape index (κ2) is 6.07. The van der Waals surface area contributed by atoms with Gasteiger partial charge in [0.1, 0.15) is 5.76 Å². The van der Waals surface area contributed by atoms with Crippen molar-refractivity contribution in [1.82, 2.24) is 4.72 Å². The SMILES string of the molecule is CC1CCC(CNS(=O)(=O)c2ccc(CN)o2)CC1. The van der Waals surface area contributed by atoms with Crippen LogP contribution in [0.3, 0.4) is 0 Å². The van der Waals surface area contributed by atoms with Crippen molar-refractivity contribution in [3.8, 4) is 0 Å². The van der Waals surface area contributed by atoms with Gasteiger partial charge in [0.15, 0.2) is 0 Å². The number of nitrogens with two attached hydrogens (primary N) is 1. The van der Waals surface area contributed by atoms with Crippen LogP contribution in [-0.4, -0.2) is 15.0 Å². The molecule has 5 nitrogen and oxygen atoms in total. The first-order valence-electron chi connectivity index (χ1n) is 6.79. The van der Waals surface area contributed by atoms with Gasteiger partial charge in [-0.15, -0.1) is 0 Å². The Hall–Kier alpha value is -0.850. The van der Waals surface area contributed by atoms with E-state index in [4.69, 9.17) is 10.2 Å². The van der Waals surface area contributed by atoms with Crippen LogP contribution in [0.4, 0.5) is 0 Å². The molecule has 1 aliphatic rings. The van der Waals surface area contributed by atoms with Crippen molar-refractivity contribution in [2.24, 2.45) is 17.6 Å². The average Bonchev–Trinajstić information content (AvgIpc) is 2.88. The summed E-state index contributed by atoms with van der Waals surface area (Å²) in [7, 11) is -3.53. The number of nitrogens with one attached hydrogen (secondary N) is 1. The maximum absolute atomic E-state index is 12.0. The van der Waals surface area contributed by atoms with Crippen LogP contribution in [0.2, 0.25) is 0 Å². The van der Waals surface area contributed by atoms with Gasteiger partial charge in [0.25, 0.3) is 10.0 Å². The molecule has 1 heterocycles. The van der Waals surface area contributed by atoms with Gasteiger partial charge in [0.05, 0.1) is 6.54 Å². The van der Waals surface area contributed by atoms with Gasteiger partial charge in [0, 0.05) is 6.54 Å². The van der Waals surface area contributed by atoms with E-state index in [1.807, 2.05) is 0 Å². The quantitative estimate of drug-likeness (QED) is 0.865. The minimum Gasteiger partial charge on any atom is -0.447 e. The minimum absolute atomic E-state index is 0.0443. The highest BCUT2D eigenvalue weighted by molar-refractivity contribution is 7.89. The summed E-state index contributed by atoms with van der Waals surface area (Å²) in [5.41, 5.74) is 5.40. The number of sulfonamides is 1. The maximum atomic E-state index is 12.0. The third-order valence-corrected chi connectivity index (χ3v) is 5.10. The van der Waals surface area contributed by atoms with Crippen LogP contribution in [0.15, 0.2) is 21.6 Å². The molecule has 108 valence electrons. The van der Waals surface area contributed by atoms with Crippen molar-refractivity contribution >= 4 is 10.0 Å². The lowest BCUT2D eigenvalue weighted by atomic mass is 9.83. The van der Waals surface area contributed by atoms with Gasteiger partial charge < -0.3 is 10.2 Å². The molecule has 2 rings (SSSR count). The monoisotopic (exact) mass is 286 g/mol. The van der Waals surface area contributed by atoms with Gasteiger partial charge >= 0.3 is 0 Å². The Balaban J connectivity index is 1.90. The first-order valence-corrected chi connectivity index (χ1v) is 8.28. The van der Waals surface area contributed by atoms with Crippen LogP contribution in [-0.2, 0) is 16.6 Å². The van der Waals surface area contributed by atoms with Crippen LogP contribution in [0, 0.1) is 11.8 Å². The smallest absolute Gasteiger partial charge is 0.273 e. The van der Waals surface area contributed by atoms with E-state index in [1.165, 1.54) is 18.9 Å². The highest BCUT2D eigenvalue weighted by Gasteiger charge is 2.23. The number of hydrogen-bond acceptors (Lipinski definition) is 4. The summed E-state index contributed by atoms with van der Waals surface area (Å²) in [4.78, 5) is 0. The second-order valence-corrected chi connectivity index (χ2v) is 7.10. The molecule has 1 aromatic heterocycles. The number of rotatable bonds is 5. The summed E-state index contributed by atoms with van der Waals surface area (Å²) in [5.74, 6) is 1.69. The maximum Gasteiger partial charge on any atom is 0.273 e. The van der Waals surface area contributed by atoms with Crippen LogP contribution < -0.4 is 10.5 Å². The Labute approximate surface area is 114 Å². The molecule has 0 aliphatic heterocycles. The van der Waals surface area contributed by atoms with Gasteiger partial charge in [0.2, 0.25) is 5.09 Å². The highest BCUT2D eigenvalue weighted by atomic mass is 32.2. The zero-order chi connectivity index (χ0) is 13.9. The van der Waals surface area contributed by atoms with Crippen molar-refractivity contribution in [2.75, 3.05) is 6.54 Å². The molecule has 1 saturated carbocycles. The van der Waals surface area contributed by atoms with Crippen molar-refractivity contribution in [2.45, 2.75) is 44.2 Å². The summed E-state index contributed by atoms with van der Waals surface area (Å²) >= 11 is 0. The Morgan fingerprint density at radius 3 is 2.58 bits per heavy atom. The highest BCUT2D eigenvalue weighted by Crippen LogP contribution is 2.28. The first kappa shape index (κ1) is 14.6. The molecule has 19 heavy (non-hydrogen) atoms. The van der Waals surface area contributed by atoms with E-state index in [1.54, 1.807) is 6.07 Å². The van der Waals surface area contributed by atoms with Crippen molar-refractivity contribution in [1.29, 1.82) is 0 Å². The summed E-state index contributed by atoms with van der Waals surface area (Å²) in [6.45, 7) is 2.95. The molecule has 0 saturated heterocycles. The lowest BCUT2D eigenvalue weighted by Crippen LogP contribution is -2.31. The van der Waals surface area contributed by atoms with Crippen LogP contribution in [0.1, 0.15) is 38.4 Å². The average molecular weight is 286 g/mol. The van der Waals surface area contributed by atoms with E-state index < -0.39 is 10.0 Å². The van der Waals surface area contributed by atoms with Gasteiger partial charge in [-0.2, -0.15) is 0 Å². The fourth-order valence-electron chi connectivity index (χ4n) is 2.44. The normalized spacial score (nSPS) is 24.5. The van der Waals surface area contributed by atoms with Crippen LogP contribution in [0.25, 0.3) is 0 Å². The molecule has 0 amide bonds. The summed E-state index contributed by atoms with van der Waals surface area (Å²) in [6.07, 6.45) is 4.56. The zero-order valence-electron chi connectivity index (χ0n) is 11.3. The van der Waals surface area contributed by atoms with Crippen molar-refractivity contribution in [3.63, 3.8) is 0 Å². The largest absolute Gasteiger partial charge is 0.447 e. The molecule has 0 bridgehead atoms. The van der Waals surface area contributed by atoms with Gasteiger partial charge in [-0.05, 0) is 36.8 Å². The van der Waals surface area contributed by atoms with Gasteiger partial charge in [-0.3, -0.25) is 0 Å². The number of hydrogen-bond donors (Lipinski definition) is 2. The van der Waals surface area contributed by atoms with E-state index in [2.05, 4.69) is 11.6 Å². The van der Waals surface area contributed by atoms with E-state index in [0.717, 1.165) is 18.8 Å². The third kappa shape index (κ3) is 3.81. The summed E-state index contributed by atoms with van der Waals surface area (Å²) < 4.78 is 31.9. The van der Waals surface area contributed by atoms with Crippen molar-refractivity contribution in [3.05, 3.63) is 17.9 Å². The van der Waals surface area contributed by atoms with E-state index in [0.29, 0.717) is 18.2 Å². The molecule has 0 aromatic carbocycles. The topological polar surface area (TPSA) is 85.3 Å². The molecule has 1 aliphatic carbocycles. The van der Waals surface area contributed by atoms with Crippen LogP contribution >= 0.6 is 0 Å². The molecule has 0 radical (unpaired) electrons.